The fourth-order valence-corrected chi connectivity index (χ4v) is 3.88. The van der Waals surface area contributed by atoms with Crippen LogP contribution < -0.4 is 15.6 Å². The summed E-state index contributed by atoms with van der Waals surface area (Å²) in [5.74, 6) is 0.558. The molecular weight excluding hydrogens is 404 g/mol. The van der Waals surface area contributed by atoms with Crippen LogP contribution in [0.25, 0.3) is 16.9 Å². The summed E-state index contributed by atoms with van der Waals surface area (Å²) in [6.45, 7) is 3.87. The molecule has 32 heavy (non-hydrogen) atoms. The number of hydrogen-bond donors (Lipinski definition) is 1. The summed E-state index contributed by atoms with van der Waals surface area (Å²) >= 11 is 0. The van der Waals surface area contributed by atoms with Crippen molar-refractivity contribution in [3.8, 4) is 17.0 Å². The molecule has 1 N–H and O–H groups in total. The number of carbonyl (C=O) groups excluding carboxylic acids is 1. The molecule has 2 aromatic carbocycles. The second-order valence-electron chi connectivity index (χ2n) is 7.85. The van der Waals surface area contributed by atoms with Crippen LogP contribution in [0.1, 0.15) is 23.2 Å². The molecule has 2 heterocycles. The molecule has 0 aliphatic heterocycles. The highest BCUT2D eigenvalue weighted by atomic mass is 16.5. The Balaban J connectivity index is 1.64. The van der Waals surface area contributed by atoms with Gasteiger partial charge in [-0.1, -0.05) is 24.3 Å². The van der Waals surface area contributed by atoms with Gasteiger partial charge in [-0.25, -0.2) is 0 Å². The third-order valence-corrected chi connectivity index (χ3v) is 5.71. The summed E-state index contributed by atoms with van der Waals surface area (Å²) in [7, 11) is 3.51. The van der Waals surface area contributed by atoms with Gasteiger partial charge in [0.05, 0.1) is 12.8 Å². The second kappa shape index (κ2) is 8.70. The van der Waals surface area contributed by atoms with E-state index in [1.807, 2.05) is 80.1 Å². The summed E-state index contributed by atoms with van der Waals surface area (Å²) in [5, 5.41) is 7.46. The highest BCUT2D eigenvalue weighted by Crippen LogP contribution is 2.29. The van der Waals surface area contributed by atoms with Crippen LogP contribution in [-0.2, 0) is 18.3 Å². The van der Waals surface area contributed by atoms with Gasteiger partial charge in [0.15, 0.2) is 0 Å². The van der Waals surface area contributed by atoms with Gasteiger partial charge in [-0.2, -0.15) is 9.61 Å². The highest BCUT2D eigenvalue weighted by molar-refractivity contribution is 5.90. The largest absolute Gasteiger partial charge is 0.496 e. The Labute approximate surface area is 186 Å². The van der Waals surface area contributed by atoms with E-state index >= 15 is 0 Å². The topological polar surface area (TPSA) is 77.6 Å². The van der Waals surface area contributed by atoms with Gasteiger partial charge >= 0.3 is 0 Å². The maximum absolute atomic E-state index is 13.2. The van der Waals surface area contributed by atoms with Gasteiger partial charge < -0.3 is 14.6 Å². The Morgan fingerprint density at radius 2 is 1.88 bits per heavy atom. The van der Waals surface area contributed by atoms with Gasteiger partial charge in [0.25, 0.3) is 5.56 Å². The Kier molecular flexibility index (Phi) is 5.81. The molecule has 0 unspecified atom stereocenters. The average Bonchev–Trinajstić information content (AvgIpc) is 3.23. The predicted octanol–water partition coefficient (Wildman–Crippen LogP) is 3.90. The van der Waals surface area contributed by atoms with Gasteiger partial charge in [0.2, 0.25) is 5.91 Å². The van der Waals surface area contributed by atoms with Gasteiger partial charge in [0, 0.05) is 42.0 Å². The molecule has 4 rings (SSSR count). The van der Waals surface area contributed by atoms with Crippen molar-refractivity contribution in [2.45, 2.75) is 26.7 Å². The first-order chi connectivity index (χ1) is 15.4. The number of carbonyl (C=O) groups is 1. The van der Waals surface area contributed by atoms with Gasteiger partial charge in [-0.3, -0.25) is 9.59 Å². The third-order valence-electron chi connectivity index (χ3n) is 5.71. The van der Waals surface area contributed by atoms with Crippen LogP contribution >= 0.6 is 0 Å². The van der Waals surface area contributed by atoms with E-state index < -0.39 is 0 Å². The molecule has 164 valence electrons. The van der Waals surface area contributed by atoms with Crippen LogP contribution in [0.3, 0.4) is 0 Å². The van der Waals surface area contributed by atoms with E-state index in [-0.39, 0.29) is 17.9 Å². The average molecular weight is 431 g/mol. The molecule has 7 nitrogen and oxygen atoms in total. The molecule has 0 radical (unpaired) electrons. The van der Waals surface area contributed by atoms with E-state index in [2.05, 4.69) is 10.4 Å². The number of nitrogens with zero attached hydrogens (tertiary/aromatic N) is 3. The highest BCUT2D eigenvalue weighted by Gasteiger charge is 2.18. The zero-order valence-corrected chi connectivity index (χ0v) is 18.7. The van der Waals surface area contributed by atoms with Crippen LogP contribution in [0, 0.1) is 13.8 Å². The molecule has 0 aliphatic carbocycles. The number of amides is 1. The van der Waals surface area contributed by atoms with E-state index in [0.29, 0.717) is 29.1 Å². The molecule has 0 spiro atoms. The number of ether oxygens (including phenoxy) is 1. The van der Waals surface area contributed by atoms with E-state index in [9.17, 15) is 9.59 Å². The minimum Gasteiger partial charge on any atom is -0.496 e. The zero-order chi connectivity index (χ0) is 22.8. The molecule has 0 saturated heterocycles. The van der Waals surface area contributed by atoms with E-state index in [4.69, 9.17) is 4.74 Å². The van der Waals surface area contributed by atoms with Crippen molar-refractivity contribution in [2.75, 3.05) is 12.4 Å². The van der Waals surface area contributed by atoms with Gasteiger partial charge in [0.1, 0.15) is 11.4 Å². The SMILES string of the molecule is COc1ccccc1-c1cc2n(C)c(C)c(CCC(=O)Nc3cccc(C)c3)c(=O)n2n1. The number of hydrogen-bond acceptors (Lipinski definition) is 4. The van der Waals surface area contributed by atoms with Crippen LogP contribution in [-0.4, -0.2) is 27.2 Å². The molecule has 0 saturated carbocycles. The lowest BCUT2D eigenvalue weighted by Crippen LogP contribution is -2.26. The summed E-state index contributed by atoms with van der Waals surface area (Å²) in [6, 6.07) is 17.1. The number of nitrogens with one attached hydrogen (secondary N) is 1. The second-order valence-corrected chi connectivity index (χ2v) is 7.85. The van der Waals surface area contributed by atoms with Gasteiger partial charge in [-0.15, -0.1) is 0 Å². The van der Waals surface area contributed by atoms with Crippen LogP contribution in [0.5, 0.6) is 5.75 Å². The van der Waals surface area contributed by atoms with Crippen LogP contribution in [0.2, 0.25) is 0 Å². The standard InChI is InChI=1S/C25H26N4O3/c1-16-8-7-9-18(14-16)26-23(30)13-12-19-17(2)28(3)24-15-21(27-29(24)25(19)31)20-10-5-6-11-22(20)32-4/h5-11,14-15H,12-13H2,1-4H3,(H,26,30). The molecule has 4 aromatic rings. The van der Waals surface area contributed by atoms with Crippen molar-refractivity contribution in [3.63, 3.8) is 0 Å². The molecule has 1 amide bonds. The maximum atomic E-state index is 13.2. The molecule has 0 bridgehead atoms. The van der Waals surface area contributed by atoms with E-state index in [1.165, 1.54) is 4.52 Å². The van der Waals surface area contributed by atoms with Crippen LogP contribution in [0.4, 0.5) is 5.69 Å². The van der Waals surface area contributed by atoms with Crippen molar-refractivity contribution in [1.29, 1.82) is 0 Å². The number of anilines is 1. The summed E-state index contributed by atoms with van der Waals surface area (Å²) in [5.41, 5.74) is 5.16. The van der Waals surface area contributed by atoms with E-state index in [1.54, 1.807) is 7.11 Å². The van der Waals surface area contributed by atoms with Crippen molar-refractivity contribution in [1.82, 2.24) is 14.2 Å². The van der Waals surface area contributed by atoms with Crippen molar-refractivity contribution < 1.29 is 9.53 Å². The van der Waals surface area contributed by atoms with E-state index in [0.717, 1.165) is 22.5 Å². The Morgan fingerprint density at radius 1 is 1.09 bits per heavy atom. The number of methoxy groups -OCH3 is 1. The first-order valence-electron chi connectivity index (χ1n) is 10.5. The Bertz CT molecular complexity index is 1370. The lowest BCUT2D eigenvalue weighted by atomic mass is 10.1. The minimum absolute atomic E-state index is 0.132. The molecule has 0 aliphatic rings. The molecule has 0 fully saturated rings. The normalized spacial score (nSPS) is 11.0. The minimum atomic E-state index is -0.208. The number of rotatable bonds is 6. The van der Waals surface area contributed by atoms with Crippen molar-refractivity contribution >= 4 is 17.2 Å². The zero-order valence-electron chi connectivity index (χ0n) is 18.7. The number of fused-ring (bicyclic) bond motifs is 1. The predicted molar refractivity (Wildman–Crippen MR) is 125 cm³/mol. The summed E-state index contributed by atoms with van der Waals surface area (Å²) < 4.78 is 8.78. The number of para-hydroxylation sites is 1. The maximum Gasteiger partial charge on any atom is 0.277 e. The van der Waals surface area contributed by atoms with Crippen LogP contribution in [0.15, 0.2) is 59.4 Å². The van der Waals surface area contributed by atoms with Gasteiger partial charge in [-0.05, 0) is 50.1 Å². The fraction of sp³-hybridized carbons (Fsp3) is 0.240. The lowest BCUT2D eigenvalue weighted by molar-refractivity contribution is -0.116. The fourth-order valence-electron chi connectivity index (χ4n) is 3.88. The third kappa shape index (κ3) is 4.01. The number of aromatic nitrogens is 3. The smallest absolute Gasteiger partial charge is 0.277 e. The first kappa shape index (κ1) is 21.4. The Hall–Kier alpha value is -3.87. The summed E-state index contributed by atoms with van der Waals surface area (Å²) in [4.78, 5) is 25.7. The molecular formula is C25H26N4O3. The first-order valence-corrected chi connectivity index (χ1v) is 10.5. The monoisotopic (exact) mass is 430 g/mol. The molecule has 7 heteroatoms. The quantitative estimate of drug-likeness (QED) is 0.503. The molecule has 2 aromatic heterocycles. The van der Waals surface area contributed by atoms with Crippen molar-refractivity contribution in [2.24, 2.45) is 7.05 Å². The Morgan fingerprint density at radius 3 is 2.62 bits per heavy atom. The summed E-state index contributed by atoms with van der Waals surface area (Å²) in [6.07, 6.45) is 0.534. The number of aryl methyl sites for hydroxylation is 2. The number of benzene rings is 2. The lowest BCUT2D eigenvalue weighted by Gasteiger charge is -2.12. The molecule has 0 atom stereocenters. The van der Waals surface area contributed by atoms with Crippen molar-refractivity contribution in [3.05, 3.63) is 81.8 Å².